The zero-order chi connectivity index (χ0) is 19.2. The Morgan fingerprint density at radius 3 is 2.67 bits per heavy atom. The highest BCUT2D eigenvalue weighted by Gasteiger charge is 2.14. The van der Waals surface area contributed by atoms with E-state index in [1.54, 1.807) is 36.7 Å². The van der Waals surface area contributed by atoms with Crippen molar-refractivity contribution in [1.82, 2.24) is 9.97 Å². The van der Waals surface area contributed by atoms with Gasteiger partial charge in [0.2, 0.25) is 0 Å². The molecule has 2 heterocycles. The molecular weight excluding hydrogens is 349 g/mol. The third-order valence-corrected chi connectivity index (χ3v) is 3.72. The Morgan fingerprint density at radius 1 is 1.22 bits per heavy atom. The van der Waals surface area contributed by atoms with Crippen LogP contribution in [0.2, 0.25) is 0 Å². The molecule has 0 saturated heterocycles. The lowest BCUT2D eigenvalue weighted by atomic mass is 10.0. The first-order valence-electron chi connectivity index (χ1n) is 8.28. The van der Waals surface area contributed by atoms with Crippen LogP contribution in [0.3, 0.4) is 0 Å². The van der Waals surface area contributed by atoms with Gasteiger partial charge < -0.3 is 15.2 Å². The number of ether oxygens (including phenoxy) is 2. The normalized spacial score (nSPS) is 11.6. The number of pyridine rings is 2. The molecule has 0 aliphatic carbocycles. The van der Waals surface area contributed by atoms with Crippen LogP contribution in [-0.2, 0) is 0 Å². The Balaban J connectivity index is 1.79. The molecule has 3 rings (SSSR count). The molecule has 1 aromatic carbocycles. The van der Waals surface area contributed by atoms with Crippen LogP contribution in [0.4, 0.5) is 4.39 Å². The first-order valence-corrected chi connectivity index (χ1v) is 8.28. The summed E-state index contributed by atoms with van der Waals surface area (Å²) >= 11 is 0. The molecule has 2 aromatic heterocycles. The maximum absolute atomic E-state index is 13.2. The van der Waals surface area contributed by atoms with Crippen molar-refractivity contribution >= 4 is 5.91 Å². The van der Waals surface area contributed by atoms with E-state index in [2.05, 4.69) is 9.97 Å². The number of rotatable bonds is 7. The van der Waals surface area contributed by atoms with Gasteiger partial charge in [-0.2, -0.15) is 0 Å². The van der Waals surface area contributed by atoms with Crippen molar-refractivity contribution < 1.29 is 18.7 Å². The van der Waals surface area contributed by atoms with Crippen LogP contribution in [0.1, 0.15) is 17.4 Å². The lowest BCUT2D eigenvalue weighted by molar-refractivity contribution is 0.0995. The van der Waals surface area contributed by atoms with Gasteiger partial charge >= 0.3 is 0 Å². The monoisotopic (exact) mass is 367 g/mol. The summed E-state index contributed by atoms with van der Waals surface area (Å²) < 4.78 is 24.8. The smallest absolute Gasteiger partial charge is 0.267 e. The molecule has 3 aromatic rings. The molecule has 27 heavy (non-hydrogen) atoms. The predicted molar refractivity (Wildman–Crippen MR) is 98.0 cm³/mol. The molecule has 2 N–H and O–H groups in total. The van der Waals surface area contributed by atoms with Crippen LogP contribution in [0.25, 0.3) is 11.1 Å². The summed E-state index contributed by atoms with van der Waals surface area (Å²) in [6.45, 7) is 2.09. The second-order valence-electron chi connectivity index (χ2n) is 5.87. The minimum absolute atomic E-state index is 0.0985. The van der Waals surface area contributed by atoms with Gasteiger partial charge in [0.1, 0.15) is 35.7 Å². The number of carbonyl (C=O) groups excluding carboxylic acids is 1. The van der Waals surface area contributed by atoms with E-state index in [1.807, 2.05) is 6.92 Å². The highest BCUT2D eigenvalue weighted by atomic mass is 19.1. The number of benzene rings is 1. The Kier molecular flexibility index (Phi) is 5.61. The zero-order valence-corrected chi connectivity index (χ0v) is 14.6. The standard InChI is InChI=1S/C20H18FN3O3/c1-13(27-16-3-2-8-23-10-16)12-26-19-11-24-18(20(22)25)9-17(19)14-4-6-15(21)7-5-14/h2-11,13H,12H2,1H3,(H2,22,25). The van der Waals surface area contributed by atoms with Crippen LogP contribution in [0, 0.1) is 5.82 Å². The quantitative estimate of drug-likeness (QED) is 0.693. The van der Waals surface area contributed by atoms with E-state index < -0.39 is 5.91 Å². The molecule has 0 saturated carbocycles. The first kappa shape index (κ1) is 18.3. The number of primary amides is 1. The van der Waals surface area contributed by atoms with E-state index in [4.69, 9.17) is 15.2 Å². The van der Waals surface area contributed by atoms with Gasteiger partial charge in [-0.15, -0.1) is 0 Å². The molecule has 0 radical (unpaired) electrons. The molecule has 0 aliphatic rings. The van der Waals surface area contributed by atoms with Crippen molar-refractivity contribution in [2.24, 2.45) is 5.73 Å². The fourth-order valence-electron chi connectivity index (χ4n) is 2.44. The summed E-state index contributed by atoms with van der Waals surface area (Å²) in [6.07, 6.45) is 4.44. The molecule has 1 amide bonds. The second-order valence-corrected chi connectivity index (χ2v) is 5.87. The van der Waals surface area contributed by atoms with E-state index in [9.17, 15) is 9.18 Å². The highest BCUT2D eigenvalue weighted by Crippen LogP contribution is 2.30. The van der Waals surface area contributed by atoms with Gasteiger partial charge in [0.05, 0.1) is 12.4 Å². The molecule has 0 spiro atoms. The summed E-state index contributed by atoms with van der Waals surface area (Å²) in [5.74, 6) is 0.0601. The van der Waals surface area contributed by atoms with Crippen LogP contribution in [0.15, 0.2) is 61.1 Å². The SMILES string of the molecule is CC(COc1cnc(C(N)=O)cc1-c1ccc(F)cc1)Oc1cccnc1. The third kappa shape index (κ3) is 4.78. The van der Waals surface area contributed by atoms with E-state index >= 15 is 0 Å². The molecule has 0 fully saturated rings. The van der Waals surface area contributed by atoms with E-state index in [0.717, 1.165) is 0 Å². The minimum atomic E-state index is -0.654. The van der Waals surface area contributed by atoms with Crippen molar-refractivity contribution in [2.45, 2.75) is 13.0 Å². The number of nitrogens with zero attached hydrogens (tertiary/aromatic N) is 2. The fraction of sp³-hybridized carbons (Fsp3) is 0.150. The average Bonchev–Trinajstić information content (AvgIpc) is 2.67. The number of carbonyl (C=O) groups is 1. The number of amides is 1. The average molecular weight is 367 g/mol. The molecule has 1 unspecified atom stereocenters. The first-order chi connectivity index (χ1) is 13.0. The number of aromatic nitrogens is 2. The second kappa shape index (κ2) is 8.27. The number of hydrogen-bond acceptors (Lipinski definition) is 5. The van der Waals surface area contributed by atoms with Crippen LogP contribution in [0.5, 0.6) is 11.5 Å². The zero-order valence-electron chi connectivity index (χ0n) is 14.6. The van der Waals surface area contributed by atoms with Crippen molar-refractivity contribution in [3.63, 3.8) is 0 Å². The summed E-state index contributed by atoms with van der Waals surface area (Å²) in [6, 6.07) is 11.0. The van der Waals surface area contributed by atoms with Crippen molar-refractivity contribution in [3.8, 4) is 22.6 Å². The Hall–Kier alpha value is -3.48. The van der Waals surface area contributed by atoms with Crippen LogP contribution in [-0.4, -0.2) is 28.6 Å². The van der Waals surface area contributed by atoms with E-state index in [-0.39, 0.29) is 24.2 Å². The number of halogens is 1. The predicted octanol–water partition coefficient (Wildman–Crippen LogP) is 3.23. The summed E-state index contributed by atoms with van der Waals surface area (Å²) in [5, 5.41) is 0. The van der Waals surface area contributed by atoms with Gasteiger partial charge in [0, 0.05) is 11.8 Å². The third-order valence-electron chi connectivity index (χ3n) is 3.72. The maximum Gasteiger partial charge on any atom is 0.267 e. The summed E-state index contributed by atoms with van der Waals surface area (Å²) in [7, 11) is 0. The largest absolute Gasteiger partial charge is 0.487 e. The van der Waals surface area contributed by atoms with E-state index in [1.165, 1.54) is 24.4 Å². The van der Waals surface area contributed by atoms with Crippen molar-refractivity contribution in [1.29, 1.82) is 0 Å². The van der Waals surface area contributed by atoms with Gasteiger partial charge in [-0.1, -0.05) is 12.1 Å². The van der Waals surface area contributed by atoms with Gasteiger partial charge in [0.25, 0.3) is 5.91 Å². The number of nitrogens with two attached hydrogens (primary N) is 1. The van der Waals surface area contributed by atoms with E-state index in [0.29, 0.717) is 22.6 Å². The molecule has 0 aliphatic heterocycles. The molecule has 138 valence electrons. The topological polar surface area (TPSA) is 87.3 Å². The van der Waals surface area contributed by atoms with Gasteiger partial charge in [0.15, 0.2) is 0 Å². The van der Waals surface area contributed by atoms with Gasteiger partial charge in [-0.05, 0) is 42.8 Å². The maximum atomic E-state index is 13.2. The Morgan fingerprint density at radius 2 is 2.00 bits per heavy atom. The summed E-state index contributed by atoms with van der Waals surface area (Å²) in [5.41, 5.74) is 6.68. The lowest BCUT2D eigenvalue weighted by Crippen LogP contribution is -2.21. The molecule has 6 nitrogen and oxygen atoms in total. The molecule has 0 bridgehead atoms. The summed E-state index contributed by atoms with van der Waals surface area (Å²) in [4.78, 5) is 19.5. The van der Waals surface area contributed by atoms with Crippen molar-refractivity contribution in [2.75, 3.05) is 6.61 Å². The van der Waals surface area contributed by atoms with Gasteiger partial charge in [-0.25, -0.2) is 9.37 Å². The minimum Gasteiger partial charge on any atom is -0.487 e. The molecule has 7 heteroatoms. The molecular formula is C20H18FN3O3. The molecule has 1 atom stereocenters. The van der Waals surface area contributed by atoms with Gasteiger partial charge in [-0.3, -0.25) is 9.78 Å². The van der Waals surface area contributed by atoms with Crippen LogP contribution < -0.4 is 15.2 Å². The van der Waals surface area contributed by atoms with Crippen LogP contribution >= 0.6 is 0 Å². The Labute approximate surface area is 155 Å². The fourth-order valence-corrected chi connectivity index (χ4v) is 2.44. The lowest BCUT2D eigenvalue weighted by Gasteiger charge is -2.17. The highest BCUT2D eigenvalue weighted by molar-refractivity contribution is 5.92. The van der Waals surface area contributed by atoms with Crippen molar-refractivity contribution in [3.05, 3.63) is 72.6 Å². The number of hydrogen-bond donors (Lipinski definition) is 1. The Bertz CT molecular complexity index is 918.